The van der Waals surface area contributed by atoms with Crippen LogP contribution < -0.4 is 10.4 Å². The zero-order chi connectivity index (χ0) is 17.0. The third-order valence-corrected chi connectivity index (χ3v) is 3.38. The molecule has 1 aromatic carbocycles. The van der Waals surface area contributed by atoms with Gasteiger partial charge in [0, 0.05) is 6.54 Å². The van der Waals surface area contributed by atoms with Crippen molar-refractivity contribution in [3.8, 4) is 0 Å². The summed E-state index contributed by atoms with van der Waals surface area (Å²) in [6, 6.07) is 4.80. The summed E-state index contributed by atoms with van der Waals surface area (Å²) in [5.74, 6) is -2.74. The number of nitrogens with one attached hydrogen (secondary N) is 1. The Labute approximate surface area is 132 Å². The maximum atomic E-state index is 12.3. The number of hydrogen-bond donors (Lipinski definition) is 1. The fourth-order valence-electron chi connectivity index (χ4n) is 2.10. The summed E-state index contributed by atoms with van der Waals surface area (Å²) in [6.45, 7) is 2.16. The zero-order valence-corrected chi connectivity index (χ0v) is 12.5. The van der Waals surface area contributed by atoms with Crippen LogP contribution in [0.1, 0.15) is 35.7 Å². The number of imide groups is 2. The van der Waals surface area contributed by atoms with Gasteiger partial charge in [-0.3, -0.25) is 19.8 Å². The Morgan fingerprint density at radius 1 is 1.22 bits per heavy atom. The van der Waals surface area contributed by atoms with Crippen LogP contribution in [-0.2, 0) is 9.59 Å². The van der Waals surface area contributed by atoms with E-state index in [1.165, 1.54) is 30.3 Å². The molecule has 1 aromatic rings. The van der Waals surface area contributed by atoms with Gasteiger partial charge in [-0.1, -0.05) is 37.6 Å². The lowest BCUT2D eigenvalue weighted by molar-refractivity contribution is -0.255. The molecule has 0 saturated carbocycles. The van der Waals surface area contributed by atoms with Crippen LogP contribution in [0.5, 0.6) is 0 Å². The van der Waals surface area contributed by atoms with E-state index >= 15 is 0 Å². The number of carboxylic acid groups (broad SMARTS) is 1. The average Bonchev–Trinajstić information content (AvgIpc) is 2.51. The highest BCUT2D eigenvalue weighted by atomic mass is 16.4. The Morgan fingerprint density at radius 3 is 2.43 bits per heavy atom. The predicted molar refractivity (Wildman–Crippen MR) is 78.9 cm³/mol. The number of barbiturate groups is 1. The van der Waals surface area contributed by atoms with E-state index < -0.39 is 23.8 Å². The SMILES string of the molecule is CCCCN1C(=O)NC(=O)/C(=C/c2ccc(C(=O)[O-])cc2)C1=O. The third-order valence-electron chi connectivity index (χ3n) is 3.38. The summed E-state index contributed by atoms with van der Waals surface area (Å²) in [7, 11) is 0. The van der Waals surface area contributed by atoms with E-state index in [9.17, 15) is 24.3 Å². The number of unbranched alkanes of at least 4 members (excludes halogenated alkanes) is 1. The number of hydrogen-bond acceptors (Lipinski definition) is 5. The van der Waals surface area contributed by atoms with Crippen LogP contribution >= 0.6 is 0 Å². The van der Waals surface area contributed by atoms with Gasteiger partial charge in [-0.15, -0.1) is 0 Å². The second kappa shape index (κ2) is 6.87. The number of nitrogens with zero attached hydrogens (tertiary/aromatic N) is 1. The summed E-state index contributed by atoms with van der Waals surface area (Å²) in [5.41, 5.74) is 0.298. The molecule has 0 spiro atoms. The first-order valence-corrected chi connectivity index (χ1v) is 7.14. The highest BCUT2D eigenvalue weighted by Gasteiger charge is 2.35. The number of benzene rings is 1. The van der Waals surface area contributed by atoms with Crippen LogP contribution in [0.2, 0.25) is 0 Å². The average molecular weight is 315 g/mol. The Balaban J connectivity index is 2.28. The van der Waals surface area contributed by atoms with Gasteiger partial charge in [0.05, 0.1) is 5.97 Å². The summed E-state index contributed by atoms with van der Waals surface area (Å²) >= 11 is 0. The maximum absolute atomic E-state index is 12.3. The van der Waals surface area contributed by atoms with Crippen LogP contribution in [0.4, 0.5) is 4.79 Å². The van der Waals surface area contributed by atoms with Crippen LogP contribution in [0, 0.1) is 0 Å². The standard InChI is InChI=1S/C16H16N2O5/c1-2-3-8-18-14(20)12(13(19)17-16(18)23)9-10-4-6-11(7-5-10)15(21)22/h4-7,9H,2-3,8H2,1H3,(H,21,22)(H,17,19,23)/p-1/b12-9-. The van der Waals surface area contributed by atoms with Crippen molar-refractivity contribution in [1.82, 2.24) is 10.2 Å². The Hall–Kier alpha value is -2.96. The molecular formula is C16H15N2O5-. The van der Waals surface area contributed by atoms with Crippen molar-refractivity contribution >= 4 is 29.9 Å². The minimum atomic E-state index is -1.31. The molecule has 2 rings (SSSR count). The lowest BCUT2D eigenvalue weighted by Gasteiger charge is -2.26. The lowest BCUT2D eigenvalue weighted by Crippen LogP contribution is -2.54. The molecule has 1 N–H and O–H groups in total. The molecule has 1 aliphatic rings. The topological polar surface area (TPSA) is 107 Å². The van der Waals surface area contributed by atoms with Gasteiger partial charge in [0.15, 0.2) is 0 Å². The van der Waals surface area contributed by atoms with E-state index in [0.717, 1.165) is 11.3 Å². The molecule has 1 fully saturated rings. The third kappa shape index (κ3) is 3.63. The largest absolute Gasteiger partial charge is 0.545 e. The number of urea groups is 1. The number of amides is 4. The van der Waals surface area contributed by atoms with Gasteiger partial charge < -0.3 is 9.90 Å². The highest BCUT2D eigenvalue weighted by Crippen LogP contribution is 2.15. The minimum absolute atomic E-state index is 0.00803. The summed E-state index contributed by atoms with van der Waals surface area (Å²) < 4.78 is 0. The normalized spacial score (nSPS) is 16.7. The lowest BCUT2D eigenvalue weighted by atomic mass is 10.1. The molecule has 1 heterocycles. The second-order valence-corrected chi connectivity index (χ2v) is 5.04. The first kappa shape index (κ1) is 16.4. The van der Waals surface area contributed by atoms with E-state index in [1.54, 1.807) is 0 Å². The fraction of sp³-hybridized carbons (Fsp3) is 0.250. The monoisotopic (exact) mass is 315 g/mol. The summed E-state index contributed by atoms with van der Waals surface area (Å²) in [5, 5.41) is 12.8. The summed E-state index contributed by atoms with van der Waals surface area (Å²) in [4.78, 5) is 47.6. The minimum Gasteiger partial charge on any atom is -0.545 e. The van der Waals surface area contributed by atoms with Crippen molar-refractivity contribution in [3.63, 3.8) is 0 Å². The molecule has 0 unspecified atom stereocenters. The first-order valence-electron chi connectivity index (χ1n) is 7.14. The van der Waals surface area contributed by atoms with Crippen LogP contribution in [0.15, 0.2) is 29.8 Å². The van der Waals surface area contributed by atoms with E-state index in [0.29, 0.717) is 12.0 Å². The van der Waals surface area contributed by atoms with Gasteiger partial charge in [0.1, 0.15) is 5.57 Å². The van der Waals surface area contributed by atoms with Gasteiger partial charge >= 0.3 is 6.03 Å². The Kier molecular flexibility index (Phi) is 4.90. The molecule has 4 amide bonds. The molecule has 0 atom stereocenters. The quantitative estimate of drug-likeness (QED) is 0.622. The van der Waals surface area contributed by atoms with Gasteiger partial charge in [-0.2, -0.15) is 0 Å². The van der Waals surface area contributed by atoms with Crippen LogP contribution in [0.25, 0.3) is 6.08 Å². The molecule has 0 radical (unpaired) electrons. The molecule has 1 saturated heterocycles. The van der Waals surface area contributed by atoms with Gasteiger partial charge in [0.25, 0.3) is 11.8 Å². The number of rotatable bonds is 5. The van der Waals surface area contributed by atoms with E-state index in [-0.39, 0.29) is 17.7 Å². The predicted octanol–water partition coefficient (Wildman–Crippen LogP) is 0.312. The Bertz CT molecular complexity index is 691. The van der Waals surface area contributed by atoms with E-state index in [4.69, 9.17) is 0 Å². The number of carbonyl (C=O) groups is 4. The van der Waals surface area contributed by atoms with Crippen molar-refractivity contribution in [2.75, 3.05) is 6.54 Å². The number of carboxylic acids is 1. The Morgan fingerprint density at radius 2 is 1.87 bits per heavy atom. The molecule has 120 valence electrons. The first-order chi connectivity index (χ1) is 10.9. The van der Waals surface area contributed by atoms with Gasteiger partial charge in [-0.25, -0.2) is 4.79 Å². The second-order valence-electron chi connectivity index (χ2n) is 5.04. The number of aromatic carboxylic acids is 1. The number of carbonyl (C=O) groups excluding carboxylic acids is 4. The van der Waals surface area contributed by atoms with Crippen LogP contribution in [0.3, 0.4) is 0 Å². The molecule has 0 aromatic heterocycles. The van der Waals surface area contributed by atoms with Crippen molar-refractivity contribution < 1.29 is 24.3 Å². The van der Waals surface area contributed by atoms with E-state index in [2.05, 4.69) is 5.32 Å². The fourth-order valence-corrected chi connectivity index (χ4v) is 2.10. The molecule has 23 heavy (non-hydrogen) atoms. The van der Waals surface area contributed by atoms with E-state index in [1.807, 2.05) is 6.92 Å². The maximum Gasteiger partial charge on any atom is 0.331 e. The van der Waals surface area contributed by atoms with Crippen molar-refractivity contribution in [2.24, 2.45) is 0 Å². The smallest absolute Gasteiger partial charge is 0.331 e. The molecule has 1 aliphatic heterocycles. The zero-order valence-electron chi connectivity index (χ0n) is 12.5. The highest BCUT2D eigenvalue weighted by molar-refractivity contribution is 6.31. The molecule has 7 nitrogen and oxygen atoms in total. The molecular weight excluding hydrogens is 300 g/mol. The molecule has 0 bridgehead atoms. The molecule has 0 aliphatic carbocycles. The van der Waals surface area contributed by atoms with Gasteiger partial charge in [-0.05, 0) is 23.6 Å². The van der Waals surface area contributed by atoms with Crippen molar-refractivity contribution in [1.29, 1.82) is 0 Å². The summed E-state index contributed by atoms with van der Waals surface area (Å²) in [6.07, 6.45) is 2.76. The van der Waals surface area contributed by atoms with Crippen molar-refractivity contribution in [3.05, 3.63) is 41.0 Å². The van der Waals surface area contributed by atoms with Crippen LogP contribution in [-0.4, -0.2) is 35.3 Å². The molecule has 7 heteroatoms. The van der Waals surface area contributed by atoms with Crippen molar-refractivity contribution in [2.45, 2.75) is 19.8 Å². The van der Waals surface area contributed by atoms with Gasteiger partial charge in [0.2, 0.25) is 0 Å².